The number of likely N-dealkylation sites (tertiary alicyclic amines) is 2. The van der Waals surface area contributed by atoms with Crippen molar-refractivity contribution in [2.75, 3.05) is 57.8 Å². The number of halogens is 4. The summed E-state index contributed by atoms with van der Waals surface area (Å²) in [5.74, 6) is 0.369. The molecule has 1 aromatic carbocycles. The molecule has 0 saturated carbocycles. The SMILES string of the molecule is CC1(C)CCN(C[C@H](O)Cn2nc(-c3ccc(C(F)(F)F)c(SCCN4CCCC(F)C4)c3)c3c2CCN(S(C)(=O)=O)C3)CC1. The molecule has 3 aliphatic rings. The summed E-state index contributed by atoms with van der Waals surface area (Å²) in [5, 5.41) is 15.9. The molecule has 2 atom stereocenters. The van der Waals surface area contributed by atoms with Crippen LogP contribution in [0.1, 0.15) is 56.4 Å². The van der Waals surface area contributed by atoms with Crippen molar-refractivity contribution in [1.82, 2.24) is 23.9 Å². The van der Waals surface area contributed by atoms with Crippen molar-refractivity contribution in [3.63, 3.8) is 0 Å². The van der Waals surface area contributed by atoms with Gasteiger partial charge in [0.15, 0.2) is 0 Å². The number of β-amino-alcohol motifs (C(OH)–C–C–N with tert-alkyl or cyclic N) is 1. The average molecular weight is 676 g/mol. The molecule has 252 valence electrons. The number of hydrogen-bond acceptors (Lipinski definition) is 7. The lowest BCUT2D eigenvalue weighted by Crippen LogP contribution is -2.42. The molecule has 3 aliphatic heterocycles. The number of rotatable bonds is 10. The van der Waals surface area contributed by atoms with E-state index in [1.807, 2.05) is 4.90 Å². The molecule has 45 heavy (non-hydrogen) atoms. The van der Waals surface area contributed by atoms with Gasteiger partial charge in [0.25, 0.3) is 0 Å². The zero-order valence-corrected chi connectivity index (χ0v) is 28.0. The predicted octanol–water partition coefficient (Wildman–Crippen LogP) is 4.90. The lowest BCUT2D eigenvalue weighted by molar-refractivity contribution is -0.139. The standard InChI is InChI=1S/C31H45F4N5O3S2/c1-30(2)9-13-38(14-10-30)19-24(41)20-40-27-8-12-39(45(3,42)43)21-25(27)29(36-40)22-6-7-26(31(33,34)35)28(17-22)44-16-15-37-11-4-5-23(32)18-37/h6-7,17,23-24,41H,4-5,8-16,18-21H2,1-3H3/t23?,24-/m0/s1. The Hall–Kier alpha value is -1.71. The Morgan fingerprint density at radius 3 is 2.51 bits per heavy atom. The lowest BCUT2D eigenvalue weighted by Gasteiger charge is -2.37. The summed E-state index contributed by atoms with van der Waals surface area (Å²) in [4.78, 5) is 4.25. The van der Waals surface area contributed by atoms with Gasteiger partial charge in [0, 0.05) is 66.6 Å². The summed E-state index contributed by atoms with van der Waals surface area (Å²) in [6.07, 6.45) is -1.31. The van der Waals surface area contributed by atoms with E-state index in [1.165, 1.54) is 16.4 Å². The third-order valence-corrected chi connectivity index (χ3v) is 11.6. The van der Waals surface area contributed by atoms with E-state index < -0.39 is 34.0 Å². The summed E-state index contributed by atoms with van der Waals surface area (Å²) in [7, 11) is -3.52. The highest BCUT2D eigenvalue weighted by atomic mass is 32.2. The molecule has 14 heteroatoms. The monoisotopic (exact) mass is 675 g/mol. The Balaban J connectivity index is 1.41. The van der Waals surface area contributed by atoms with Crippen molar-refractivity contribution in [2.24, 2.45) is 5.41 Å². The largest absolute Gasteiger partial charge is 0.417 e. The first-order valence-electron chi connectivity index (χ1n) is 15.7. The summed E-state index contributed by atoms with van der Waals surface area (Å²) in [6.45, 7) is 8.81. The maximum absolute atomic E-state index is 14.1. The van der Waals surface area contributed by atoms with Gasteiger partial charge in [-0.2, -0.15) is 22.6 Å². The fourth-order valence-corrected chi connectivity index (χ4v) is 8.44. The number of aliphatic hydroxyl groups excluding tert-OH is 1. The van der Waals surface area contributed by atoms with Crippen LogP contribution in [0.3, 0.4) is 0 Å². The zero-order valence-electron chi connectivity index (χ0n) is 26.3. The number of piperidine rings is 2. The Bertz CT molecular complexity index is 1440. The maximum Gasteiger partial charge on any atom is 0.417 e. The van der Waals surface area contributed by atoms with Crippen molar-refractivity contribution in [2.45, 2.75) is 82.4 Å². The van der Waals surface area contributed by atoms with E-state index in [1.54, 1.807) is 4.68 Å². The second-order valence-corrected chi connectivity index (χ2v) is 16.6. The van der Waals surface area contributed by atoms with Crippen LogP contribution >= 0.6 is 11.8 Å². The molecule has 1 aromatic heterocycles. The van der Waals surface area contributed by atoms with Crippen LogP contribution in [0.25, 0.3) is 11.3 Å². The smallest absolute Gasteiger partial charge is 0.390 e. The molecule has 2 saturated heterocycles. The second-order valence-electron chi connectivity index (χ2n) is 13.5. The van der Waals surface area contributed by atoms with Gasteiger partial charge in [-0.3, -0.25) is 9.58 Å². The maximum atomic E-state index is 14.1. The van der Waals surface area contributed by atoms with Crippen LogP contribution < -0.4 is 0 Å². The van der Waals surface area contributed by atoms with Gasteiger partial charge in [0.05, 0.1) is 30.2 Å². The third-order valence-electron chi connectivity index (χ3n) is 9.30. The molecule has 8 nitrogen and oxygen atoms in total. The van der Waals surface area contributed by atoms with Gasteiger partial charge in [-0.1, -0.05) is 19.9 Å². The summed E-state index contributed by atoms with van der Waals surface area (Å²) in [5.41, 5.74) is 1.87. The van der Waals surface area contributed by atoms with Gasteiger partial charge in [-0.15, -0.1) is 11.8 Å². The van der Waals surface area contributed by atoms with E-state index in [4.69, 9.17) is 5.10 Å². The molecule has 1 N–H and O–H groups in total. The molecule has 2 fully saturated rings. The van der Waals surface area contributed by atoms with Crippen LogP contribution in [0.4, 0.5) is 17.6 Å². The summed E-state index contributed by atoms with van der Waals surface area (Å²) in [6, 6.07) is 3.94. The number of hydrogen-bond donors (Lipinski definition) is 1. The van der Waals surface area contributed by atoms with Gasteiger partial charge < -0.3 is 10.0 Å². The molecule has 0 amide bonds. The lowest BCUT2D eigenvalue weighted by atomic mass is 9.82. The summed E-state index contributed by atoms with van der Waals surface area (Å²) < 4.78 is 84.0. The molecule has 0 spiro atoms. The topological polar surface area (TPSA) is 81.9 Å². The molecule has 0 aliphatic carbocycles. The van der Waals surface area contributed by atoms with E-state index in [-0.39, 0.29) is 29.9 Å². The van der Waals surface area contributed by atoms with E-state index in [0.717, 1.165) is 68.7 Å². The predicted molar refractivity (Wildman–Crippen MR) is 168 cm³/mol. The van der Waals surface area contributed by atoms with E-state index in [9.17, 15) is 31.1 Å². The number of alkyl halides is 4. The number of nitrogens with zero attached hydrogens (tertiary/aromatic N) is 5. The van der Waals surface area contributed by atoms with Gasteiger partial charge >= 0.3 is 6.18 Å². The van der Waals surface area contributed by atoms with Crippen LogP contribution in [-0.2, 0) is 35.7 Å². The van der Waals surface area contributed by atoms with Gasteiger partial charge in [0.2, 0.25) is 10.0 Å². The Morgan fingerprint density at radius 1 is 1.11 bits per heavy atom. The van der Waals surface area contributed by atoms with Crippen LogP contribution in [-0.4, -0.2) is 108 Å². The Morgan fingerprint density at radius 2 is 1.84 bits per heavy atom. The number of sulfonamides is 1. The fourth-order valence-electron chi connectivity index (χ4n) is 6.54. The van der Waals surface area contributed by atoms with Gasteiger partial charge in [-0.25, -0.2) is 12.8 Å². The number of fused-ring (bicyclic) bond motifs is 1. The van der Waals surface area contributed by atoms with Crippen LogP contribution in [0.5, 0.6) is 0 Å². The van der Waals surface area contributed by atoms with Crippen LogP contribution in [0.2, 0.25) is 0 Å². The van der Waals surface area contributed by atoms with Crippen molar-refractivity contribution in [3.8, 4) is 11.3 Å². The second kappa shape index (κ2) is 13.8. The van der Waals surface area contributed by atoms with Crippen molar-refractivity contribution >= 4 is 21.8 Å². The minimum Gasteiger partial charge on any atom is -0.390 e. The first-order valence-corrected chi connectivity index (χ1v) is 18.6. The molecule has 5 rings (SSSR count). The van der Waals surface area contributed by atoms with Gasteiger partial charge in [-0.05, 0) is 62.9 Å². The highest BCUT2D eigenvalue weighted by molar-refractivity contribution is 7.99. The van der Waals surface area contributed by atoms with E-state index in [0.29, 0.717) is 55.0 Å². The normalized spacial score (nSPS) is 22.8. The average Bonchev–Trinajstić information content (AvgIpc) is 3.30. The number of aliphatic hydroxyl groups is 1. The molecule has 4 heterocycles. The highest BCUT2D eigenvalue weighted by Crippen LogP contribution is 2.40. The molecule has 2 aromatic rings. The number of aromatic nitrogens is 2. The molecular weight excluding hydrogens is 630 g/mol. The molecular formula is C31H45F4N5O3S2. The Labute approximate surface area is 268 Å². The third kappa shape index (κ3) is 8.81. The molecule has 1 unspecified atom stereocenters. The fraction of sp³-hybridized carbons (Fsp3) is 0.710. The molecule has 0 radical (unpaired) electrons. The van der Waals surface area contributed by atoms with Crippen LogP contribution in [0.15, 0.2) is 23.1 Å². The quantitative estimate of drug-likeness (QED) is 0.284. The number of benzene rings is 1. The van der Waals surface area contributed by atoms with Crippen molar-refractivity contribution < 1.29 is 31.1 Å². The molecule has 0 bridgehead atoms. The highest BCUT2D eigenvalue weighted by Gasteiger charge is 2.35. The van der Waals surface area contributed by atoms with Crippen molar-refractivity contribution in [1.29, 1.82) is 0 Å². The minimum absolute atomic E-state index is 0.0564. The van der Waals surface area contributed by atoms with E-state index in [2.05, 4.69) is 18.7 Å². The summed E-state index contributed by atoms with van der Waals surface area (Å²) >= 11 is 1.09. The van der Waals surface area contributed by atoms with Gasteiger partial charge in [0.1, 0.15) is 6.17 Å². The minimum atomic E-state index is -4.56. The zero-order chi connectivity index (χ0) is 32.6. The first kappa shape index (κ1) is 34.6. The van der Waals surface area contributed by atoms with E-state index >= 15 is 0 Å². The Kier molecular flexibility index (Phi) is 10.6. The van der Waals surface area contributed by atoms with Crippen molar-refractivity contribution in [3.05, 3.63) is 35.0 Å². The van der Waals surface area contributed by atoms with Crippen LogP contribution in [0, 0.1) is 5.41 Å². The number of thioether (sulfide) groups is 1. The first-order chi connectivity index (χ1) is 21.1.